The van der Waals surface area contributed by atoms with E-state index in [2.05, 4.69) is 55.5 Å². The SMILES string of the molecule is CCCCCCC[N+](CCCC)(CCCC)CCCC.CCCC[N+](C)(CCCC)CCCC.[Br-].[Br-]. The number of unbranched alkanes of at least 4 members (excludes halogenated alkanes) is 10. The van der Waals surface area contributed by atoms with E-state index in [0.29, 0.717) is 0 Å². The van der Waals surface area contributed by atoms with Crippen LogP contribution in [0, 0.1) is 0 Å². The van der Waals surface area contributed by atoms with Gasteiger partial charge in [0.1, 0.15) is 0 Å². The van der Waals surface area contributed by atoms with Gasteiger partial charge in [0.25, 0.3) is 0 Å². The summed E-state index contributed by atoms with van der Waals surface area (Å²) in [5, 5.41) is 0. The highest BCUT2D eigenvalue weighted by atomic mass is 79.9. The Morgan fingerprint density at radius 1 is 0.306 bits per heavy atom. The van der Waals surface area contributed by atoms with Gasteiger partial charge in [-0.3, -0.25) is 0 Å². The van der Waals surface area contributed by atoms with Crippen LogP contribution in [0.2, 0.25) is 0 Å². The molecule has 0 aliphatic rings. The van der Waals surface area contributed by atoms with Gasteiger partial charge in [0, 0.05) is 0 Å². The fourth-order valence-electron chi connectivity index (χ4n) is 5.16. The zero-order valence-corrected chi connectivity index (χ0v) is 29.8. The van der Waals surface area contributed by atoms with Gasteiger partial charge in [0.15, 0.2) is 0 Å². The fourth-order valence-corrected chi connectivity index (χ4v) is 5.16. The number of quaternary nitrogens is 2. The summed E-state index contributed by atoms with van der Waals surface area (Å²) in [6.45, 7) is 26.1. The van der Waals surface area contributed by atoms with E-state index in [1.807, 2.05) is 0 Å². The van der Waals surface area contributed by atoms with Gasteiger partial charge in [0.2, 0.25) is 0 Å². The van der Waals surface area contributed by atoms with E-state index in [4.69, 9.17) is 0 Å². The first-order chi connectivity index (χ1) is 16.4. The van der Waals surface area contributed by atoms with E-state index in [0.717, 1.165) is 0 Å². The average molecular weight is 645 g/mol. The van der Waals surface area contributed by atoms with Crippen LogP contribution < -0.4 is 34.0 Å². The Bertz CT molecular complexity index is 347. The third-order valence-corrected chi connectivity index (χ3v) is 7.85. The van der Waals surface area contributed by atoms with Crippen LogP contribution in [0.15, 0.2) is 0 Å². The molecule has 224 valence electrons. The van der Waals surface area contributed by atoms with Crippen LogP contribution in [-0.2, 0) is 0 Å². The molecule has 0 rings (SSSR count). The van der Waals surface area contributed by atoms with Crippen LogP contribution in [0.25, 0.3) is 0 Å². The highest BCUT2D eigenvalue weighted by Crippen LogP contribution is 2.17. The summed E-state index contributed by atoms with van der Waals surface area (Å²) in [5.74, 6) is 0. The average Bonchev–Trinajstić information content (AvgIpc) is 2.86. The zero-order chi connectivity index (χ0) is 26.0. The first-order valence-electron chi connectivity index (χ1n) is 16.1. The fraction of sp³-hybridized carbons (Fsp3) is 1.00. The zero-order valence-electron chi connectivity index (χ0n) is 26.6. The predicted molar refractivity (Wildman–Crippen MR) is 159 cm³/mol. The molecule has 0 aromatic heterocycles. The van der Waals surface area contributed by atoms with Gasteiger partial charge in [-0.15, -0.1) is 0 Å². The number of nitrogens with zero attached hydrogens (tertiary/aromatic N) is 2. The molecule has 4 heteroatoms. The van der Waals surface area contributed by atoms with Gasteiger partial charge in [-0.05, 0) is 51.4 Å². The number of hydrogen-bond donors (Lipinski definition) is 0. The Kier molecular flexibility index (Phi) is 39.2. The molecule has 0 atom stereocenters. The molecule has 0 N–H and O–H groups in total. The third-order valence-electron chi connectivity index (χ3n) is 7.85. The number of hydrogen-bond acceptors (Lipinski definition) is 0. The van der Waals surface area contributed by atoms with E-state index < -0.39 is 0 Å². The molecule has 0 saturated heterocycles. The summed E-state index contributed by atoms with van der Waals surface area (Å²) >= 11 is 0. The molecule has 36 heavy (non-hydrogen) atoms. The van der Waals surface area contributed by atoms with E-state index in [1.165, 1.54) is 164 Å². The summed E-state index contributed by atoms with van der Waals surface area (Å²) in [6.07, 6.45) is 23.7. The summed E-state index contributed by atoms with van der Waals surface area (Å²) in [7, 11) is 2.45. The predicted octanol–water partition coefficient (Wildman–Crippen LogP) is 4.02. The van der Waals surface area contributed by atoms with Crippen LogP contribution in [0.1, 0.15) is 158 Å². The lowest BCUT2D eigenvalue weighted by Crippen LogP contribution is -3.00. The monoisotopic (exact) mass is 642 g/mol. The molecule has 0 aliphatic heterocycles. The van der Waals surface area contributed by atoms with Crippen molar-refractivity contribution in [1.29, 1.82) is 0 Å². The molecule has 0 saturated carbocycles. The summed E-state index contributed by atoms with van der Waals surface area (Å²) in [5.41, 5.74) is 0. The lowest BCUT2D eigenvalue weighted by molar-refractivity contribution is -0.929. The Balaban J connectivity index is -0.000000285. The van der Waals surface area contributed by atoms with Crippen molar-refractivity contribution >= 4 is 0 Å². The van der Waals surface area contributed by atoms with Gasteiger partial charge in [-0.2, -0.15) is 0 Å². The highest BCUT2D eigenvalue weighted by molar-refractivity contribution is 4.51. The minimum atomic E-state index is 0. The summed E-state index contributed by atoms with van der Waals surface area (Å²) in [4.78, 5) is 0. The topological polar surface area (TPSA) is 0 Å². The van der Waals surface area contributed by atoms with Crippen LogP contribution >= 0.6 is 0 Å². The first kappa shape index (κ1) is 43.9. The molecule has 0 bridgehead atoms. The number of halogens is 2. The molecule has 0 unspecified atom stereocenters. The van der Waals surface area contributed by atoms with Crippen molar-refractivity contribution in [2.75, 3.05) is 52.9 Å². The molecule has 0 radical (unpaired) electrons. The van der Waals surface area contributed by atoms with Crippen molar-refractivity contribution in [3.63, 3.8) is 0 Å². The lowest BCUT2D eigenvalue weighted by atomic mass is 10.1. The Morgan fingerprint density at radius 3 is 0.861 bits per heavy atom. The van der Waals surface area contributed by atoms with Crippen molar-refractivity contribution in [2.45, 2.75) is 158 Å². The molecule has 0 aromatic carbocycles. The van der Waals surface area contributed by atoms with Crippen molar-refractivity contribution in [2.24, 2.45) is 0 Å². The van der Waals surface area contributed by atoms with Crippen LogP contribution in [0.4, 0.5) is 0 Å². The maximum Gasteiger partial charge on any atom is 0.0786 e. The van der Waals surface area contributed by atoms with Crippen molar-refractivity contribution < 1.29 is 42.9 Å². The van der Waals surface area contributed by atoms with Gasteiger partial charge >= 0.3 is 0 Å². The van der Waals surface area contributed by atoms with Gasteiger partial charge in [-0.1, -0.05) is 106 Å². The molecular formula is C32H72Br2N2. The normalized spacial score (nSPS) is 11.3. The molecule has 0 spiro atoms. The minimum Gasteiger partial charge on any atom is -1.00 e. The third kappa shape index (κ3) is 26.5. The molecular weight excluding hydrogens is 572 g/mol. The lowest BCUT2D eigenvalue weighted by Gasteiger charge is -2.39. The largest absolute Gasteiger partial charge is 1.00 e. The van der Waals surface area contributed by atoms with E-state index in [9.17, 15) is 0 Å². The maximum atomic E-state index is 2.45. The molecule has 0 fully saturated rings. The molecule has 0 aromatic rings. The second kappa shape index (κ2) is 32.1. The van der Waals surface area contributed by atoms with Gasteiger partial charge in [0.05, 0.1) is 52.9 Å². The van der Waals surface area contributed by atoms with Crippen LogP contribution in [-0.4, -0.2) is 61.8 Å². The van der Waals surface area contributed by atoms with Crippen molar-refractivity contribution in [1.82, 2.24) is 0 Å². The number of rotatable bonds is 24. The summed E-state index contributed by atoms with van der Waals surface area (Å²) in [6, 6.07) is 0. The van der Waals surface area contributed by atoms with E-state index in [-0.39, 0.29) is 34.0 Å². The van der Waals surface area contributed by atoms with Crippen molar-refractivity contribution in [3.05, 3.63) is 0 Å². The second-order valence-corrected chi connectivity index (χ2v) is 11.6. The summed E-state index contributed by atoms with van der Waals surface area (Å²) < 4.78 is 2.75. The molecule has 0 heterocycles. The van der Waals surface area contributed by atoms with Gasteiger partial charge in [-0.25, -0.2) is 0 Å². The van der Waals surface area contributed by atoms with E-state index in [1.54, 1.807) is 0 Å². The standard InChI is InChI=1S/C19H42N.C13H30N.2BrH/c1-5-9-13-14-15-19-20(16-10-6-2,17-11-7-3)18-12-8-4;1-5-8-11-14(4,12-9-6-2)13-10-7-3;;/h5-19H2,1-4H3;5-13H2,1-4H3;2*1H/q2*+1;;/p-2. The van der Waals surface area contributed by atoms with Gasteiger partial charge < -0.3 is 42.9 Å². The second-order valence-electron chi connectivity index (χ2n) is 11.6. The Labute approximate surface area is 252 Å². The smallest absolute Gasteiger partial charge is 0.0786 e. The molecule has 0 amide bonds. The molecule has 0 aliphatic carbocycles. The minimum absolute atomic E-state index is 0. The molecule has 2 nitrogen and oxygen atoms in total. The highest BCUT2D eigenvalue weighted by Gasteiger charge is 2.25. The Hall–Kier alpha value is 0.880. The first-order valence-corrected chi connectivity index (χ1v) is 16.1. The van der Waals surface area contributed by atoms with Crippen LogP contribution in [0.5, 0.6) is 0 Å². The van der Waals surface area contributed by atoms with Crippen LogP contribution in [0.3, 0.4) is 0 Å². The quantitative estimate of drug-likeness (QED) is 0.110. The van der Waals surface area contributed by atoms with E-state index >= 15 is 0 Å². The maximum absolute atomic E-state index is 2.45. The van der Waals surface area contributed by atoms with Crippen molar-refractivity contribution in [3.8, 4) is 0 Å². The Morgan fingerprint density at radius 2 is 0.556 bits per heavy atom.